The van der Waals surface area contributed by atoms with E-state index in [9.17, 15) is 5.11 Å². The van der Waals surface area contributed by atoms with Gasteiger partial charge >= 0.3 is 0 Å². The van der Waals surface area contributed by atoms with Crippen LogP contribution in [0.15, 0.2) is 10.9 Å². The highest BCUT2D eigenvalue weighted by Gasteiger charge is 2.23. The smallest absolute Gasteiger partial charge is 0.169 e. The van der Waals surface area contributed by atoms with Crippen LogP contribution in [0.2, 0.25) is 0 Å². The third kappa shape index (κ3) is 2.94. The van der Waals surface area contributed by atoms with E-state index in [1.807, 2.05) is 20.2 Å². The second-order valence-electron chi connectivity index (χ2n) is 6.86. The number of imidazole rings is 1. The Balaban J connectivity index is 1.87. The van der Waals surface area contributed by atoms with Crippen molar-refractivity contribution in [3.05, 3.63) is 17.8 Å². The Morgan fingerprint density at radius 1 is 1.23 bits per heavy atom. The van der Waals surface area contributed by atoms with E-state index in [0.717, 1.165) is 35.3 Å². The van der Waals surface area contributed by atoms with Gasteiger partial charge in [-0.2, -0.15) is 0 Å². The standard InChI is InChI=1S/C18H24N6O2/c1-11-14(12(2)26-23-11)16-21-17(19-8-9-25)15-18(22-16)24(10-20-15)13-6-4-3-5-7-13/h10,13,25H,3-9H2,1-2H3,(H,19,21,22). The lowest BCUT2D eigenvalue weighted by atomic mass is 9.95. The van der Waals surface area contributed by atoms with Crippen LogP contribution in [-0.2, 0) is 0 Å². The molecule has 4 rings (SSSR count). The molecule has 0 unspecified atom stereocenters. The van der Waals surface area contributed by atoms with Gasteiger partial charge in [-0.1, -0.05) is 24.4 Å². The van der Waals surface area contributed by atoms with Gasteiger partial charge in [-0.15, -0.1) is 0 Å². The van der Waals surface area contributed by atoms with Crippen LogP contribution < -0.4 is 5.32 Å². The van der Waals surface area contributed by atoms with Gasteiger partial charge < -0.3 is 19.5 Å². The van der Waals surface area contributed by atoms with Crippen LogP contribution in [0.25, 0.3) is 22.6 Å². The molecule has 1 aliphatic rings. The number of hydrogen-bond acceptors (Lipinski definition) is 7. The van der Waals surface area contributed by atoms with Crippen LogP contribution in [0.5, 0.6) is 0 Å². The first-order chi connectivity index (χ1) is 12.7. The predicted molar refractivity (Wildman–Crippen MR) is 98.0 cm³/mol. The maximum absolute atomic E-state index is 9.19. The minimum atomic E-state index is 0.0233. The lowest BCUT2D eigenvalue weighted by Gasteiger charge is -2.23. The van der Waals surface area contributed by atoms with Crippen LogP contribution in [0.4, 0.5) is 5.82 Å². The Bertz CT molecular complexity index is 890. The largest absolute Gasteiger partial charge is 0.395 e. The second kappa shape index (κ2) is 7.03. The SMILES string of the molecule is Cc1noc(C)c1-c1nc(NCCO)c2ncn(C3CCCCC3)c2n1. The molecule has 138 valence electrons. The Morgan fingerprint density at radius 3 is 2.73 bits per heavy atom. The third-order valence-electron chi connectivity index (χ3n) is 5.05. The van der Waals surface area contributed by atoms with Crippen molar-refractivity contribution in [1.29, 1.82) is 0 Å². The van der Waals surface area contributed by atoms with Crippen molar-refractivity contribution in [1.82, 2.24) is 24.7 Å². The van der Waals surface area contributed by atoms with Crippen molar-refractivity contribution < 1.29 is 9.63 Å². The number of aliphatic hydroxyl groups excluding tert-OH is 1. The Hall–Kier alpha value is -2.48. The molecule has 1 aliphatic carbocycles. The molecule has 0 spiro atoms. The summed E-state index contributed by atoms with van der Waals surface area (Å²) < 4.78 is 7.48. The predicted octanol–water partition coefficient (Wildman–Crippen LogP) is 3.01. The first-order valence-electron chi connectivity index (χ1n) is 9.21. The highest BCUT2D eigenvalue weighted by Crippen LogP contribution is 2.33. The molecule has 0 atom stereocenters. The zero-order valence-corrected chi connectivity index (χ0v) is 15.2. The van der Waals surface area contributed by atoms with Crippen LogP contribution in [0.3, 0.4) is 0 Å². The summed E-state index contributed by atoms with van der Waals surface area (Å²) in [6.07, 6.45) is 7.94. The molecule has 0 amide bonds. The van der Waals surface area contributed by atoms with E-state index >= 15 is 0 Å². The summed E-state index contributed by atoms with van der Waals surface area (Å²) in [5, 5.41) is 16.4. The molecule has 0 saturated heterocycles. The lowest BCUT2D eigenvalue weighted by Crippen LogP contribution is -2.13. The maximum atomic E-state index is 9.19. The molecule has 0 bridgehead atoms. The Morgan fingerprint density at radius 2 is 2.04 bits per heavy atom. The molecule has 8 heteroatoms. The van der Waals surface area contributed by atoms with Gasteiger partial charge in [0, 0.05) is 12.6 Å². The number of aliphatic hydroxyl groups is 1. The molecule has 26 heavy (non-hydrogen) atoms. The minimum Gasteiger partial charge on any atom is -0.395 e. The monoisotopic (exact) mass is 356 g/mol. The topological polar surface area (TPSA) is 102 Å². The van der Waals surface area contributed by atoms with E-state index in [-0.39, 0.29) is 6.61 Å². The summed E-state index contributed by atoms with van der Waals surface area (Å²) >= 11 is 0. The average Bonchev–Trinajstić information content (AvgIpc) is 3.23. The zero-order chi connectivity index (χ0) is 18.1. The number of nitrogens with zero attached hydrogens (tertiary/aromatic N) is 5. The second-order valence-corrected chi connectivity index (χ2v) is 6.86. The fourth-order valence-corrected chi connectivity index (χ4v) is 3.75. The average molecular weight is 356 g/mol. The fraction of sp³-hybridized carbons (Fsp3) is 0.556. The molecule has 8 nitrogen and oxygen atoms in total. The van der Waals surface area contributed by atoms with Crippen molar-refractivity contribution >= 4 is 17.0 Å². The third-order valence-corrected chi connectivity index (χ3v) is 5.05. The fourth-order valence-electron chi connectivity index (χ4n) is 3.75. The van der Waals surface area contributed by atoms with E-state index in [1.54, 1.807) is 0 Å². The number of anilines is 1. The molecule has 2 N–H and O–H groups in total. The van der Waals surface area contributed by atoms with Gasteiger partial charge in [-0.3, -0.25) is 0 Å². The van der Waals surface area contributed by atoms with E-state index < -0.39 is 0 Å². The zero-order valence-electron chi connectivity index (χ0n) is 15.2. The number of rotatable bonds is 5. The molecule has 0 radical (unpaired) electrons. The van der Waals surface area contributed by atoms with E-state index in [4.69, 9.17) is 9.51 Å². The molecule has 0 aromatic carbocycles. The van der Waals surface area contributed by atoms with Crippen LogP contribution >= 0.6 is 0 Å². The van der Waals surface area contributed by atoms with Gasteiger partial charge in [-0.05, 0) is 26.7 Å². The van der Waals surface area contributed by atoms with Crippen molar-refractivity contribution in [2.24, 2.45) is 0 Å². The Labute approximate surface area is 151 Å². The summed E-state index contributed by atoms with van der Waals surface area (Å²) in [4.78, 5) is 14.1. The number of nitrogens with one attached hydrogen (secondary N) is 1. The van der Waals surface area contributed by atoms with Crippen molar-refractivity contribution in [2.75, 3.05) is 18.5 Å². The van der Waals surface area contributed by atoms with Crippen molar-refractivity contribution in [3.8, 4) is 11.4 Å². The van der Waals surface area contributed by atoms with Crippen molar-refractivity contribution in [3.63, 3.8) is 0 Å². The molecule has 3 aromatic rings. The molecule has 1 saturated carbocycles. The van der Waals surface area contributed by atoms with Crippen LogP contribution in [-0.4, -0.2) is 42.9 Å². The molecule has 0 aliphatic heterocycles. The quantitative estimate of drug-likeness (QED) is 0.724. The van der Waals surface area contributed by atoms with Crippen LogP contribution in [0, 0.1) is 13.8 Å². The van der Waals surface area contributed by atoms with E-state index in [0.29, 0.717) is 30.0 Å². The van der Waals surface area contributed by atoms with Gasteiger partial charge in [0.25, 0.3) is 0 Å². The summed E-state index contributed by atoms with van der Waals surface area (Å²) in [7, 11) is 0. The number of aryl methyl sites for hydroxylation is 2. The summed E-state index contributed by atoms with van der Waals surface area (Å²) in [5.41, 5.74) is 3.14. The van der Waals surface area contributed by atoms with Gasteiger partial charge in [0.15, 0.2) is 17.3 Å². The molecule has 1 fully saturated rings. The van der Waals surface area contributed by atoms with Gasteiger partial charge in [0.2, 0.25) is 0 Å². The number of aromatic nitrogens is 5. The maximum Gasteiger partial charge on any atom is 0.169 e. The summed E-state index contributed by atoms with van der Waals surface area (Å²) in [6, 6.07) is 0.423. The summed E-state index contributed by atoms with van der Waals surface area (Å²) in [6.45, 7) is 4.18. The van der Waals surface area contributed by atoms with Crippen LogP contribution in [0.1, 0.15) is 49.6 Å². The van der Waals surface area contributed by atoms with E-state index in [2.05, 4.69) is 25.0 Å². The van der Waals surface area contributed by atoms with Gasteiger partial charge in [0.05, 0.1) is 24.2 Å². The molecule has 3 aromatic heterocycles. The first-order valence-corrected chi connectivity index (χ1v) is 9.21. The summed E-state index contributed by atoms with van der Waals surface area (Å²) in [5.74, 6) is 1.90. The molecule has 3 heterocycles. The molecular weight excluding hydrogens is 332 g/mol. The number of fused-ring (bicyclic) bond motifs is 1. The van der Waals surface area contributed by atoms with Crippen molar-refractivity contribution in [2.45, 2.75) is 52.0 Å². The Kier molecular flexibility index (Phi) is 4.58. The minimum absolute atomic E-state index is 0.0233. The first kappa shape index (κ1) is 17.0. The van der Waals surface area contributed by atoms with Gasteiger partial charge in [-0.25, -0.2) is 15.0 Å². The highest BCUT2D eigenvalue weighted by atomic mass is 16.5. The molecular formula is C18H24N6O2. The highest BCUT2D eigenvalue weighted by molar-refractivity contribution is 5.85. The van der Waals surface area contributed by atoms with Gasteiger partial charge in [0.1, 0.15) is 11.3 Å². The lowest BCUT2D eigenvalue weighted by molar-refractivity contribution is 0.311. The van der Waals surface area contributed by atoms with E-state index in [1.165, 1.54) is 19.3 Å². The normalized spacial score (nSPS) is 15.7. The number of hydrogen-bond donors (Lipinski definition) is 2.